The minimum atomic E-state index is -3.31. The molecule has 1 fully saturated rings. The van der Waals surface area contributed by atoms with Crippen molar-refractivity contribution in [1.29, 1.82) is 0 Å². The quantitative estimate of drug-likeness (QED) is 0.210. The zero-order valence-corrected chi connectivity index (χ0v) is 28.8. The fourth-order valence-corrected chi connectivity index (χ4v) is 6.96. The van der Waals surface area contributed by atoms with Crippen LogP contribution in [0.3, 0.4) is 0 Å². The van der Waals surface area contributed by atoms with Crippen molar-refractivity contribution < 1.29 is 31.5 Å². The molecule has 2 aliphatic heterocycles. The lowest BCUT2D eigenvalue weighted by atomic mass is 9.83. The molecule has 2 aromatic carbocycles. The highest BCUT2D eigenvalue weighted by molar-refractivity contribution is 6.04. The summed E-state index contributed by atoms with van der Waals surface area (Å²) in [6.07, 6.45) is 5.72. The standard InChI is InChI=1S/C37H41F5N6O2/c1-36(2,3)47-14-9-28(37(41,42)21-47)27-18-29(38)25(17-30(27)39)24-16-23(33(40)34-26(24)19-31(44-34)35(50)45(4)5)22-8-6-12-46(20-22)32(49)10-15-48-13-7-11-43-48/h7-8,11,13,16-19,28,44H,6,9-10,12,14-15,20-21H2,1-5H3/t28-/m1/s1. The van der Waals surface area contributed by atoms with Crippen molar-refractivity contribution in [3.63, 3.8) is 0 Å². The van der Waals surface area contributed by atoms with E-state index in [4.69, 9.17) is 0 Å². The van der Waals surface area contributed by atoms with Gasteiger partial charge < -0.3 is 14.8 Å². The van der Waals surface area contributed by atoms with Gasteiger partial charge in [0.2, 0.25) is 5.91 Å². The van der Waals surface area contributed by atoms with Gasteiger partial charge >= 0.3 is 0 Å². The van der Waals surface area contributed by atoms with Gasteiger partial charge in [-0.05, 0) is 87.2 Å². The summed E-state index contributed by atoms with van der Waals surface area (Å²) in [5.74, 6) is -8.14. The number of amides is 2. The summed E-state index contributed by atoms with van der Waals surface area (Å²) < 4.78 is 81.1. The van der Waals surface area contributed by atoms with Crippen molar-refractivity contribution in [2.24, 2.45) is 0 Å². The minimum Gasteiger partial charge on any atom is -0.348 e. The number of H-pyrrole nitrogens is 1. The Morgan fingerprint density at radius 2 is 1.78 bits per heavy atom. The third kappa shape index (κ3) is 6.79. The number of likely N-dealkylation sites (tertiary alicyclic amines) is 1. The number of fused-ring (bicyclic) bond motifs is 1. The first-order valence-electron chi connectivity index (χ1n) is 16.7. The number of carbonyl (C=O) groups is 2. The van der Waals surface area contributed by atoms with Gasteiger partial charge in [-0.2, -0.15) is 5.10 Å². The maximum absolute atomic E-state index is 16.4. The lowest BCUT2D eigenvalue weighted by molar-refractivity contribution is -0.131. The van der Waals surface area contributed by atoms with Crippen molar-refractivity contribution in [3.8, 4) is 11.1 Å². The van der Waals surface area contributed by atoms with E-state index in [0.717, 1.165) is 12.1 Å². The van der Waals surface area contributed by atoms with Gasteiger partial charge in [-0.15, -0.1) is 0 Å². The molecule has 13 heteroatoms. The maximum Gasteiger partial charge on any atom is 0.269 e. The van der Waals surface area contributed by atoms with Crippen molar-refractivity contribution in [2.45, 2.75) is 64.0 Å². The first-order chi connectivity index (χ1) is 23.5. The number of halogens is 5. The summed E-state index contributed by atoms with van der Waals surface area (Å²) in [6.45, 7) is 6.06. The predicted octanol–water partition coefficient (Wildman–Crippen LogP) is 7.08. The minimum absolute atomic E-state index is 0.0260. The Balaban J connectivity index is 1.40. The van der Waals surface area contributed by atoms with Gasteiger partial charge in [-0.25, -0.2) is 22.0 Å². The Morgan fingerprint density at radius 1 is 1.02 bits per heavy atom. The molecular formula is C37H41F5N6O2. The van der Waals surface area contributed by atoms with Crippen LogP contribution < -0.4 is 0 Å². The van der Waals surface area contributed by atoms with Crippen LogP contribution in [0.25, 0.3) is 27.6 Å². The number of aromatic nitrogens is 3. The molecule has 0 spiro atoms. The molecule has 0 aliphatic carbocycles. The largest absolute Gasteiger partial charge is 0.348 e. The van der Waals surface area contributed by atoms with E-state index in [-0.39, 0.29) is 58.6 Å². The van der Waals surface area contributed by atoms with E-state index in [1.807, 2.05) is 20.8 Å². The average molecular weight is 697 g/mol. The molecule has 4 aromatic rings. The van der Waals surface area contributed by atoms with Crippen molar-refractivity contribution in [1.82, 2.24) is 29.5 Å². The highest BCUT2D eigenvalue weighted by Gasteiger charge is 2.48. The zero-order valence-electron chi connectivity index (χ0n) is 28.8. The molecular weight excluding hydrogens is 655 g/mol. The van der Waals surface area contributed by atoms with Gasteiger partial charge in [0.25, 0.3) is 11.8 Å². The lowest BCUT2D eigenvalue weighted by Gasteiger charge is -2.45. The van der Waals surface area contributed by atoms with Gasteiger partial charge in [0.05, 0.1) is 18.0 Å². The highest BCUT2D eigenvalue weighted by atomic mass is 19.3. The average Bonchev–Trinajstić information content (AvgIpc) is 3.75. The van der Waals surface area contributed by atoms with Gasteiger partial charge in [0.15, 0.2) is 5.82 Å². The van der Waals surface area contributed by atoms with Crippen LogP contribution in [0.2, 0.25) is 0 Å². The number of hydrogen-bond acceptors (Lipinski definition) is 4. The van der Waals surface area contributed by atoms with Crippen molar-refractivity contribution >= 4 is 28.3 Å². The summed E-state index contributed by atoms with van der Waals surface area (Å²) in [6, 6.07) is 6.22. The number of piperidine rings is 1. The number of aromatic amines is 1. The lowest BCUT2D eigenvalue weighted by Crippen LogP contribution is -2.54. The molecule has 0 saturated carbocycles. The number of carbonyl (C=O) groups excluding carboxylic acids is 2. The summed E-state index contributed by atoms with van der Waals surface area (Å²) in [7, 11) is 3.05. The smallest absolute Gasteiger partial charge is 0.269 e. The van der Waals surface area contributed by atoms with E-state index in [9.17, 15) is 9.59 Å². The van der Waals surface area contributed by atoms with Gasteiger partial charge in [-0.3, -0.25) is 19.2 Å². The van der Waals surface area contributed by atoms with Crippen LogP contribution >= 0.6 is 0 Å². The Hall–Kier alpha value is -4.52. The molecule has 0 bridgehead atoms. The number of aryl methyl sites for hydroxylation is 1. The van der Waals surface area contributed by atoms with E-state index >= 15 is 22.0 Å². The number of benzene rings is 2. The zero-order chi connectivity index (χ0) is 36.1. The molecule has 2 aromatic heterocycles. The number of nitrogens with zero attached hydrogens (tertiary/aromatic N) is 5. The molecule has 4 heterocycles. The molecule has 2 aliphatic rings. The number of hydrogen-bond donors (Lipinski definition) is 1. The Bertz CT molecular complexity index is 1960. The second-order valence-electron chi connectivity index (χ2n) is 14.4. The maximum atomic E-state index is 16.4. The number of alkyl halides is 2. The van der Waals surface area contributed by atoms with Crippen LogP contribution in [0, 0.1) is 17.5 Å². The van der Waals surface area contributed by atoms with E-state index in [0.29, 0.717) is 31.6 Å². The van der Waals surface area contributed by atoms with E-state index in [1.165, 1.54) is 31.1 Å². The van der Waals surface area contributed by atoms with Crippen molar-refractivity contribution in [2.75, 3.05) is 40.3 Å². The van der Waals surface area contributed by atoms with Gasteiger partial charge in [0, 0.05) is 74.6 Å². The molecule has 266 valence electrons. The fourth-order valence-electron chi connectivity index (χ4n) is 6.96. The first-order valence-corrected chi connectivity index (χ1v) is 16.7. The molecule has 0 unspecified atom stereocenters. The van der Waals surface area contributed by atoms with Crippen molar-refractivity contribution in [3.05, 3.63) is 83.1 Å². The van der Waals surface area contributed by atoms with Crippen LogP contribution in [0.1, 0.15) is 67.6 Å². The Kier molecular flexibility index (Phi) is 9.40. The van der Waals surface area contributed by atoms with E-state index in [2.05, 4.69) is 10.1 Å². The molecule has 6 rings (SSSR count). The summed E-state index contributed by atoms with van der Waals surface area (Å²) in [5, 5.41) is 4.24. The second kappa shape index (κ2) is 13.3. The topological polar surface area (TPSA) is 77.5 Å². The second-order valence-corrected chi connectivity index (χ2v) is 14.4. The van der Waals surface area contributed by atoms with Gasteiger partial charge in [-0.1, -0.05) is 6.08 Å². The summed E-state index contributed by atoms with van der Waals surface area (Å²) in [5.41, 5.74) is -0.691. The number of nitrogens with one attached hydrogen (secondary N) is 1. The molecule has 1 atom stereocenters. The molecule has 2 amide bonds. The van der Waals surface area contributed by atoms with Crippen LogP contribution in [0.15, 0.2) is 48.8 Å². The molecule has 0 radical (unpaired) electrons. The number of rotatable bonds is 7. The molecule has 8 nitrogen and oxygen atoms in total. The van der Waals surface area contributed by atoms with Crippen LogP contribution in [0.4, 0.5) is 22.0 Å². The predicted molar refractivity (Wildman–Crippen MR) is 181 cm³/mol. The Labute approximate surface area is 287 Å². The first kappa shape index (κ1) is 35.3. The van der Waals surface area contributed by atoms with E-state index in [1.54, 1.807) is 39.0 Å². The van der Waals surface area contributed by atoms with Crippen LogP contribution in [-0.2, 0) is 11.3 Å². The Morgan fingerprint density at radius 3 is 2.44 bits per heavy atom. The van der Waals surface area contributed by atoms with E-state index < -0.39 is 52.8 Å². The fraction of sp³-hybridized carbons (Fsp3) is 0.432. The molecule has 1 saturated heterocycles. The third-order valence-corrected chi connectivity index (χ3v) is 9.75. The normalized spacial score (nSPS) is 18.4. The SMILES string of the molecule is CN(C)C(=O)c1cc2c(-c3cc(F)c([C@H]4CCN(C(C)(C)C)CC4(F)F)cc3F)cc(C3=CCCN(C(=O)CCn4cccn4)C3)c(F)c2[nH]1. The van der Waals surface area contributed by atoms with Gasteiger partial charge in [0.1, 0.15) is 17.3 Å². The summed E-state index contributed by atoms with van der Waals surface area (Å²) >= 11 is 0. The summed E-state index contributed by atoms with van der Waals surface area (Å²) in [4.78, 5) is 33.4. The monoisotopic (exact) mass is 696 g/mol. The van der Waals surface area contributed by atoms with Crippen LogP contribution in [-0.4, -0.2) is 93.0 Å². The third-order valence-electron chi connectivity index (χ3n) is 9.75. The highest BCUT2D eigenvalue weighted by Crippen LogP contribution is 2.45. The van der Waals surface area contributed by atoms with Crippen LogP contribution in [0.5, 0.6) is 0 Å². The molecule has 1 N–H and O–H groups in total. The molecule has 50 heavy (non-hydrogen) atoms.